The molecule has 1 aliphatic rings. The van der Waals surface area contributed by atoms with Crippen LogP contribution in [0.2, 0.25) is 0 Å². The first kappa shape index (κ1) is 39.5. The Kier molecular flexibility index (Phi) is 15.9. The summed E-state index contributed by atoms with van der Waals surface area (Å²) in [5.74, 6) is -0.833. The number of benzene rings is 2. The number of ether oxygens (including phenoxy) is 4. The second-order valence-electron chi connectivity index (χ2n) is 11.4. The minimum atomic E-state index is -3.91. The molecule has 268 valence electrons. The van der Waals surface area contributed by atoms with E-state index in [4.69, 9.17) is 18.9 Å². The molecular weight excluding hydrogens is 665 g/mol. The molecule has 1 fully saturated rings. The van der Waals surface area contributed by atoms with E-state index in [1.165, 1.54) is 47.9 Å². The van der Waals surface area contributed by atoms with Crippen molar-refractivity contribution >= 4 is 31.9 Å². The lowest BCUT2D eigenvalue weighted by Crippen LogP contribution is -2.49. The lowest BCUT2D eigenvalue weighted by atomic mass is 10.2. The average Bonchev–Trinajstić information content (AvgIpc) is 3.04. The summed E-state index contributed by atoms with van der Waals surface area (Å²) in [6.45, 7) is 9.11. The maximum absolute atomic E-state index is 13.2. The van der Waals surface area contributed by atoms with Crippen LogP contribution in [0.25, 0.3) is 0 Å². The maximum atomic E-state index is 13.2. The third-order valence-electron chi connectivity index (χ3n) is 7.46. The highest BCUT2D eigenvalue weighted by molar-refractivity contribution is 7.89. The summed E-state index contributed by atoms with van der Waals surface area (Å²) < 4.78 is 78.9. The number of amides is 2. The molecule has 1 heterocycles. The van der Waals surface area contributed by atoms with Crippen molar-refractivity contribution in [3.8, 4) is 0 Å². The van der Waals surface area contributed by atoms with Crippen LogP contribution >= 0.6 is 0 Å². The van der Waals surface area contributed by atoms with Gasteiger partial charge < -0.3 is 28.7 Å². The Morgan fingerprint density at radius 3 is 1.08 bits per heavy atom. The molecule has 2 atom stereocenters. The maximum Gasteiger partial charge on any atom is 0.241 e. The van der Waals surface area contributed by atoms with Gasteiger partial charge in [0.1, 0.15) is 0 Å². The molecule has 1 aliphatic heterocycles. The van der Waals surface area contributed by atoms with Gasteiger partial charge in [0.15, 0.2) is 0 Å². The van der Waals surface area contributed by atoms with Crippen LogP contribution in [0.4, 0.5) is 0 Å². The fraction of sp³-hybridized carbons (Fsp3) is 0.562. The number of hydrogen-bond acceptors (Lipinski definition) is 10. The van der Waals surface area contributed by atoms with Crippen LogP contribution in [0.1, 0.15) is 25.0 Å². The molecule has 0 aromatic heterocycles. The second kappa shape index (κ2) is 19.3. The molecule has 0 aliphatic carbocycles. The molecular formula is C32H48N4O10S2. The number of nitrogens with one attached hydrogen (secondary N) is 2. The van der Waals surface area contributed by atoms with Crippen molar-refractivity contribution in [2.75, 3.05) is 79.0 Å². The van der Waals surface area contributed by atoms with E-state index >= 15 is 0 Å². The highest BCUT2D eigenvalue weighted by Gasteiger charge is 2.27. The predicted molar refractivity (Wildman–Crippen MR) is 178 cm³/mol. The van der Waals surface area contributed by atoms with Gasteiger partial charge in [0, 0.05) is 26.2 Å². The predicted octanol–water partition coefficient (Wildman–Crippen LogP) is 1.07. The highest BCUT2D eigenvalue weighted by Crippen LogP contribution is 2.13. The third kappa shape index (κ3) is 12.8. The van der Waals surface area contributed by atoms with Crippen molar-refractivity contribution in [1.29, 1.82) is 0 Å². The van der Waals surface area contributed by atoms with Gasteiger partial charge in [-0.1, -0.05) is 35.4 Å². The number of carbonyl (C=O) groups is 2. The molecule has 0 spiro atoms. The Hall–Kier alpha value is -2.96. The summed E-state index contributed by atoms with van der Waals surface area (Å²) in [6.07, 6.45) is 0. The SMILES string of the molecule is Cc1ccc(S(=O)(=O)N[C@H](C)C(=O)N2CCOCCOCCN(C(=O)[C@@H](C)NS(=O)(=O)c3ccc(C)cc3)CCOCCOCC2)cc1. The Labute approximate surface area is 284 Å². The van der Waals surface area contributed by atoms with Crippen molar-refractivity contribution in [3.05, 3.63) is 59.7 Å². The van der Waals surface area contributed by atoms with Crippen molar-refractivity contribution in [1.82, 2.24) is 19.2 Å². The number of hydrogen-bond donors (Lipinski definition) is 2. The Morgan fingerprint density at radius 2 is 0.812 bits per heavy atom. The summed E-state index contributed by atoms with van der Waals surface area (Å²) in [7, 11) is -7.81. The summed E-state index contributed by atoms with van der Waals surface area (Å²) in [5, 5.41) is 0. The van der Waals surface area contributed by atoms with Gasteiger partial charge in [-0.2, -0.15) is 9.44 Å². The first-order chi connectivity index (χ1) is 22.8. The van der Waals surface area contributed by atoms with Gasteiger partial charge in [-0.15, -0.1) is 0 Å². The Balaban J connectivity index is 1.52. The number of nitrogens with zero attached hydrogens (tertiary/aromatic N) is 2. The molecule has 0 bridgehead atoms. The Morgan fingerprint density at radius 1 is 0.542 bits per heavy atom. The van der Waals surface area contributed by atoms with E-state index in [2.05, 4.69) is 9.44 Å². The lowest BCUT2D eigenvalue weighted by molar-refractivity contribution is -0.135. The van der Waals surface area contributed by atoms with Crippen molar-refractivity contribution in [2.45, 2.75) is 49.6 Å². The van der Waals surface area contributed by atoms with Gasteiger partial charge in [-0.25, -0.2) is 16.8 Å². The fourth-order valence-electron chi connectivity index (χ4n) is 4.69. The zero-order valence-electron chi connectivity index (χ0n) is 28.1. The first-order valence-corrected chi connectivity index (χ1v) is 18.8. The number of aryl methyl sites for hydroxylation is 2. The fourth-order valence-corrected chi connectivity index (χ4v) is 7.09. The highest BCUT2D eigenvalue weighted by atomic mass is 32.2. The molecule has 2 aromatic rings. The zero-order valence-corrected chi connectivity index (χ0v) is 29.7. The molecule has 16 heteroatoms. The standard InChI is InChI=1S/C32H48N4O10S2/c1-25-5-9-29(10-6-25)47(39,40)33-27(3)31(37)35-13-17-43-21-23-45-19-15-36(16-20-46-24-22-44-18-14-35)32(38)28(4)34-48(41,42)30-11-7-26(2)8-12-30/h5-12,27-28,33-34H,13-24H2,1-4H3/t27-,28-/m1/s1. The smallest absolute Gasteiger partial charge is 0.241 e. The summed E-state index contributed by atoms with van der Waals surface area (Å²) in [4.78, 5) is 29.6. The molecule has 1 saturated heterocycles. The van der Waals surface area contributed by atoms with E-state index < -0.39 is 43.9 Å². The first-order valence-electron chi connectivity index (χ1n) is 15.9. The second-order valence-corrected chi connectivity index (χ2v) is 14.8. The van der Waals surface area contributed by atoms with Crippen molar-refractivity contribution < 1.29 is 45.4 Å². The molecule has 0 saturated carbocycles. The van der Waals surface area contributed by atoms with Gasteiger partial charge >= 0.3 is 0 Å². The molecule has 2 aromatic carbocycles. The molecule has 48 heavy (non-hydrogen) atoms. The lowest BCUT2D eigenvalue weighted by Gasteiger charge is -2.27. The van der Waals surface area contributed by atoms with E-state index in [0.717, 1.165) is 11.1 Å². The van der Waals surface area contributed by atoms with Crippen LogP contribution in [0.5, 0.6) is 0 Å². The van der Waals surface area contributed by atoms with Crippen LogP contribution in [-0.4, -0.2) is 130 Å². The normalized spacial score (nSPS) is 18.3. The zero-order chi connectivity index (χ0) is 35.2. The van der Waals surface area contributed by atoms with Crippen LogP contribution in [-0.2, 0) is 48.6 Å². The molecule has 2 N–H and O–H groups in total. The number of carbonyl (C=O) groups excluding carboxylic acids is 2. The topological polar surface area (TPSA) is 170 Å². The van der Waals surface area contributed by atoms with E-state index in [-0.39, 0.29) is 88.8 Å². The van der Waals surface area contributed by atoms with E-state index in [9.17, 15) is 26.4 Å². The van der Waals surface area contributed by atoms with Gasteiger partial charge in [0.2, 0.25) is 31.9 Å². The average molecular weight is 713 g/mol. The monoisotopic (exact) mass is 712 g/mol. The van der Waals surface area contributed by atoms with Gasteiger partial charge in [0.05, 0.1) is 74.7 Å². The molecule has 3 rings (SSSR count). The van der Waals surface area contributed by atoms with Crippen LogP contribution in [0.3, 0.4) is 0 Å². The van der Waals surface area contributed by atoms with E-state index in [0.29, 0.717) is 0 Å². The third-order valence-corrected chi connectivity index (χ3v) is 10.6. The molecule has 14 nitrogen and oxygen atoms in total. The number of sulfonamides is 2. The van der Waals surface area contributed by atoms with Crippen LogP contribution in [0.15, 0.2) is 58.3 Å². The molecule has 0 radical (unpaired) electrons. The largest absolute Gasteiger partial charge is 0.377 e. The van der Waals surface area contributed by atoms with Crippen molar-refractivity contribution in [2.24, 2.45) is 0 Å². The van der Waals surface area contributed by atoms with Gasteiger partial charge in [-0.3, -0.25) is 9.59 Å². The van der Waals surface area contributed by atoms with Gasteiger partial charge in [0.25, 0.3) is 0 Å². The van der Waals surface area contributed by atoms with Crippen LogP contribution < -0.4 is 9.44 Å². The summed E-state index contributed by atoms with van der Waals surface area (Å²) in [6, 6.07) is 10.7. The summed E-state index contributed by atoms with van der Waals surface area (Å²) >= 11 is 0. The quantitative estimate of drug-likeness (QED) is 0.404. The summed E-state index contributed by atoms with van der Waals surface area (Å²) in [5.41, 5.74) is 1.84. The van der Waals surface area contributed by atoms with Crippen LogP contribution in [0, 0.1) is 13.8 Å². The van der Waals surface area contributed by atoms with Crippen molar-refractivity contribution in [3.63, 3.8) is 0 Å². The van der Waals surface area contributed by atoms with E-state index in [1.54, 1.807) is 24.3 Å². The Bertz CT molecular complexity index is 1390. The van der Waals surface area contributed by atoms with Gasteiger partial charge in [-0.05, 0) is 52.0 Å². The minimum absolute atomic E-state index is 0.0730. The number of rotatable bonds is 8. The molecule has 0 unspecified atom stereocenters. The van der Waals surface area contributed by atoms with E-state index in [1.807, 2.05) is 13.8 Å². The molecule has 2 amide bonds. The minimum Gasteiger partial charge on any atom is -0.377 e.